The van der Waals surface area contributed by atoms with Gasteiger partial charge in [-0.05, 0) is 29.0 Å². The molecule has 3 nitrogen and oxygen atoms in total. The van der Waals surface area contributed by atoms with E-state index < -0.39 is 0 Å². The Morgan fingerprint density at radius 2 is 1.91 bits per heavy atom. The molecule has 2 aromatic heterocycles. The van der Waals surface area contributed by atoms with Gasteiger partial charge in [-0.1, -0.05) is 37.3 Å². The highest BCUT2D eigenvalue weighted by Gasteiger charge is 2.08. The Labute approximate surface area is 144 Å². The maximum atomic E-state index is 12.0. The highest BCUT2D eigenvalue weighted by Crippen LogP contribution is 2.22. The predicted molar refractivity (Wildman–Crippen MR) is 97.4 cm³/mol. The fourth-order valence-electron chi connectivity index (χ4n) is 2.28. The third-order valence-electron chi connectivity index (χ3n) is 3.52. The van der Waals surface area contributed by atoms with Crippen LogP contribution in [0.4, 0.5) is 5.13 Å². The van der Waals surface area contributed by atoms with Gasteiger partial charge in [0.1, 0.15) is 0 Å². The largest absolute Gasteiger partial charge is 0.302 e. The summed E-state index contributed by atoms with van der Waals surface area (Å²) in [4.78, 5) is 18.5. The van der Waals surface area contributed by atoms with Crippen LogP contribution < -0.4 is 5.32 Å². The molecule has 0 radical (unpaired) electrons. The van der Waals surface area contributed by atoms with E-state index >= 15 is 0 Å². The third kappa shape index (κ3) is 4.50. The van der Waals surface area contributed by atoms with Crippen LogP contribution in [-0.4, -0.2) is 10.9 Å². The van der Waals surface area contributed by atoms with Gasteiger partial charge in [0.25, 0.3) is 0 Å². The summed E-state index contributed by atoms with van der Waals surface area (Å²) in [5, 5.41) is 5.53. The fraction of sp³-hybridized carbons (Fsp3) is 0.222. The average Bonchev–Trinajstić information content (AvgIpc) is 3.20. The number of benzene rings is 1. The van der Waals surface area contributed by atoms with Gasteiger partial charge in [0, 0.05) is 22.4 Å². The number of thiophene rings is 1. The lowest BCUT2D eigenvalue weighted by Gasteiger charge is -2.01. The lowest BCUT2D eigenvalue weighted by molar-refractivity contribution is -0.115. The summed E-state index contributed by atoms with van der Waals surface area (Å²) in [5.41, 5.74) is 2.61. The van der Waals surface area contributed by atoms with E-state index in [1.54, 1.807) is 11.3 Å². The number of hydrogen-bond donors (Lipinski definition) is 1. The van der Waals surface area contributed by atoms with Gasteiger partial charge in [0.05, 0.1) is 6.42 Å². The van der Waals surface area contributed by atoms with Gasteiger partial charge in [-0.2, -0.15) is 0 Å². The van der Waals surface area contributed by atoms with Crippen molar-refractivity contribution in [3.8, 4) is 0 Å². The van der Waals surface area contributed by atoms with Crippen molar-refractivity contribution in [1.29, 1.82) is 0 Å². The van der Waals surface area contributed by atoms with Crippen molar-refractivity contribution >= 4 is 33.7 Å². The molecule has 1 N–H and O–H groups in total. The number of amides is 1. The lowest BCUT2D eigenvalue weighted by atomic mass is 10.1. The highest BCUT2D eigenvalue weighted by atomic mass is 32.1. The maximum absolute atomic E-state index is 12.0. The summed E-state index contributed by atoms with van der Waals surface area (Å²) in [5.74, 6) is -0.0133. The molecule has 0 aliphatic heterocycles. The van der Waals surface area contributed by atoms with Crippen molar-refractivity contribution in [2.75, 3.05) is 5.32 Å². The van der Waals surface area contributed by atoms with Gasteiger partial charge >= 0.3 is 0 Å². The van der Waals surface area contributed by atoms with Crippen molar-refractivity contribution in [2.45, 2.75) is 26.2 Å². The minimum Gasteiger partial charge on any atom is -0.302 e. The second-order valence-electron chi connectivity index (χ2n) is 5.28. The fourth-order valence-corrected chi connectivity index (χ4v) is 3.84. The number of rotatable bonds is 6. The Kier molecular flexibility index (Phi) is 5.20. The quantitative estimate of drug-likeness (QED) is 0.714. The predicted octanol–water partition coefficient (Wildman–Crippen LogP) is 4.54. The summed E-state index contributed by atoms with van der Waals surface area (Å²) < 4.78 is 0. The number of aromatic nitrogens is 1. The topological polar surface area (TPSA) is 42.0 Å². The molecule has 0 saturated heterocycles. The van der Waals surface area contributed by atoms with Crippen LogP contribution in [0.15, 0.2) is 48.0 Å². The molecule has 0 spiro atoms. The van der Waals surface area contributed by atoms with Crippen LogP contribution >= 0.6 is 22.7 Å². The van der Waals surface area contributed by atoms with Gasteiger partial charge < -0.3 is 5.32 Å². The van der Waals surface area contributed by atoms with Crippen molar-refractivity contribution in [3.05, 3.63) is 68.9 Å². The van der Waals surface area contributed by atoms with E-state index in [0.717, 1.165) is 22.6 Å². The van der Waals surface area contributed by atoms with E-state index in [2.05, 4.69) is 41.5 Å². The molecule has 0 fully saturated rings. The Morgan fingerprint density at radius 1 is 1.13 bits per heavy atom. The highest BCUT2D eigenvalue weighted by molar-refractivity contribution is 7.15. The second-order valence-corrected chi connectivity index (χ2v) is 7.43. The zero-order valence-electron chi connectivity index (χ0n) is 12.9. The van der Waals surface area contributed by atoms with E-state index in [1.165, 1.54) is 22.5 Å². The van der Waals surface area contributed by atoms with E-state index in [0.29, 0.717) is 11.6 Å². The van der Waals surface area contributed by atoms with Gasteiger partial charge in [-0.3, -0.25) is 4.79 Å². The molecule has 0 saturated carbocycles. The molecule has 23 heavy (non-hydrogen) atoms. The monoisotopic (exact) mass is 342 g/mol. The minimum atomic E-state index is -0.0133. The van der Waals surface area contributed by atoms with Gasteiger partial charge in [-0.25, -0.2) is 4.98 Å². The van der Waals surface area contributed by atoms with E-state index in [-0.39, 0.29) is 5.91 Å². The second kappa shape index (κ2) is 7.53. The van der Waals surface area contributed by atoms with Crippen LogP contribution in [0.25, 0.3) is 0 Å². The standard InChI is InChI=1S/C18H18N2OS2/c1-2-13-5-7-14(8-6-13)10-16-12-19-18(23-16)20-17(21)11-15-4-3-9-22-15/h3-9,12H,2,10-11H2,1H3,(H,19,20,21). The number of nitrogens with zero attached hydrogens (tertiary/aromatic N) is 1. The molecular formula is C18H18N2OS2. The van der Waals surface area contributed by atoms with Crippen molar-refractivity contribution in [2.24, 2.45) is 0 Å². The number of thiazole rings is 1. The van der Waals surface area contributed by atoms with Crippen LogP contribution in [0.2, 0.25) is 0 Å². The minimum absolute atomic E-state index is 0.0133. The Hall–Kier alpha value is -1.98. The molecule has 0 unspecified atom stereocenters. The first-order valence-electron chi connectivity index (χ1n) is 7.57. The van der Waals surface area contributed by atoms with E-state index in [9.17, 15) is 4.79 Å². The molecule has 5 heteroatoms. The number of carbonyl (C=O) groups excluding carboxylic acids is 1. The maximum Gasteiger partial charge on any atom is 0.231 e. The summed E-state index contributed by atoms with van der Waals surface area (Å²) in [6.07, 6.45) is 4.16. The molecule has 118 valence electrons. The van der Waals surface area contributed by atoms with Crippen molar-refractivity contribution in [1.82, 2.24) is 4.98 Å². The summed E-state index contributed by atoms with van der Waals surface area (Å²) in [6.45, 7) is 2.16. The number of carbonyl (C=O) groups is 1. The number of nitrogens with one attached hydrogen (secondary N) is 1. The van der Waals surface area contributed by atoms with Crippen molar-refractivity contribution < 1.29 is 4.79 Å². The first kappa shape index (κ1) is 15.9. The van der Waals surface area contributed by atoms with Crippen LogP contribution in [0.3, 0.4) is 0 Å². The first-order chi connectivity index (χ1) is 11.2. The number of anilines is 1. The molecule has 0 atom stereocenters. The van der Waals surface area contributed by atoms with Crippen LogP contribution in [0.5, 0.6) is 0 Å². The molecule has 0 aliphatic carbocycles. The molecule has 1 aromatic carbocycles. The molecule has 3 rings (SSSR count). The van der Waals surface area contributed by atoms with Gasteiger partial charge in [0.2, 0.25) is 5.91 Å². The van der Waals surface area contributed by atoms with Crippen LogP contribution in [0.1, 0.15) is 27.8 Å². The summed E-state index contributed by atoms with van der Waals surface area (Å²) in [6, 6.07) is 12.6. The average molecular weight is 342 g/mol. The molecule has 1 amide bonds. The SMILES string of the molecule is CCc1ccc(Cc2cnc(NC(=O)Cc3cccs3)s2)cc1. The van der Waals surface area contributed by atoms with Gasteiger partial charge in [0.15, 0.2) is 5.13 Å². The van der Waals surface area contributed by atoms with E-state index in [4.69, 9.17) is 0 Å². The van der Waals surface area contributed by atoms with Crippen molar-refractivity contribution in [3.63, 3.8) is 0 Å². The number of hydrogen-bond acceptors (Lipinski definition) is 4. The normalized spacial score (nSPS) is 10.7. The van der Waals surface area contributed by atoms with Crippen LogP contribution in [0, 0.1) is 0 Å². The molecular weight excluding hydrogens is 324 g/mol. The zero-order chi connectivity index (χ0) is 16.1. The molecule has 0 bridgehead atoms. The van der Waals surface area contributed by atoms with Gasteiger partial charge in [-0.15, -0.1) is 22.7 Å². The summed E-state index contributed by atoms with van der Waals surface area (Å²) >= 11 is 3.13. The third-order valence-corrected chi connectivity index (χ3v) is 5.31. The Morgan fingerprint density at radius 3 is 2.61 bits per heavy atom. The Bertz CT molecular complexity index is 761. The molecule has 2 heterocycles. The van der Waals surface area contributed by atoms with Crippen LogP contribution in [-0.2, 0) is 24.1 Å². The van der Waals surface area contributed by atoms with E-state index in [1.807, 2.05) is 23.7 Å². The number of aryl methyl sites for hydroxylation is 1. The molecule has 0 aliphatic rings. The zero-order valence-corrected chi connectivity index (χ0v) is 14.5. The smallest absolute Gasteiger partial charge is 0.231 e. The Balaban J connectivity index is 1.57. The lowest BCUT2D eigenvalue weighted by Crippen LogP contribution is -2.13. The first-order valence-corrected chi connectivity index (χ1v) is 9.27. The summed E-state index contributed by atoms with van der Waals surface area (Å²) in [7, 11) is 0. The molecule has 3 aromatic rings.